The number of nitrogens with two attached hydrogens (primary N) is 3. The van der Waals surface area contributed by atoms with Crippen molar-refractivity contribution < 1.29 is 43.5 Å². The average Bonchev–Trinajstić information content (AvgIpc) is 3.21. The van der Waals surface area contributed by atoms with Crippen LogP contribution in [0.5, 0.6) is 0 Å². The van der Waals surface area contributed by atoms with E-state index in [9.17, 15) is 43.5 Å². The van der Waals surface area contributed by atoms with Gasteiger partial charge in [0, 0.05) is 0 Å². The largest absolute Gasteiger partial charge is 0.480 e. The van der Waals surface area contributed by atoms with Crippen LogP contribution < -0.4 is 54.4 Å². The molecule has 0 saturated carbocycles. The van der Waals surface area contributed by atoms with E-state index in [1.807, 2.05) is 55.4 Å². The molecule has 0 spiro atoms. The molecule has 0 heterocycles. The van der Waals surface area contributed by atoms with Gasteiger partial charge < -0.3 is 59.5 Å². The highest BCUT2D eigenvalue weighted by Gasteiger charge is 2.36. The van der Waals surface area contributed by atoms with Crippen LogP contribution in [0.1, 0.15) is 140 Å². The molecular weight excluding hydrogens is 813 g/mol. The fourth-order valence-corrected chi connectivity index (χ4v) is 6.85. The first-order valence-corrected chi connectivity index (χ1v) is 23.0. The molecule has 0 aromatic heterocycles. The minimum absolute atomic E-state index is 0.0813. The maximum absolute atomic E-state index is 14.1. The van der Waals surface area contributed by atoms with Crippen molar-refractivity contribution in [3.63, 3.8) is 0 Å². The first-order valence-electron chi connectivity index (χ1n) is 23.0. The highest BCUT2D eigenvalue weighted by Crippen LogP contribution is 2.16. The van der Waals surface area contributed by atoms with Crippen molar-refractivity contribution in [2.75, 3.05) is 19.6 Å². The quantitative estimate of drug-likeness (QED) is 0.0410. The molecule has 0 fully saturated rings. The summed E-state index contributed by atoms with van der Waals surface area (Å²) in [6, 6.07) is -7.69. The molecule has 0 radical (unpaired) electrons. The van der Waals surface area contributed by atoms with Gasteiger partial charge in [-0.1, -0.05) is 82.1 Å². The number of carboxylic acid groups (broad SMARTS) is 1. The van der Waals surface area contributed by atoms with E-state index in [0.717, 1.165) is 0 Å². The lowest BCUT2D eigenvalue weighted by atomic mass is 9.94. The number of carbonyl (C=O) groups excluding carboxylic acids is 7. The second kappa shape index (κ2) is 31.5. The van der Waals surface area contributed by atoms with Crippen molar-refractivity contribution in [3.05, 3.63) is 0 Å². The molecular formula is C44H84N10O9. The van der Waals surface area contributed by atoms with Gasteiger partial charge in [-0.05, 0) is 100 Å². The molecule has 0 aromatic carbocycles. The summed E-state index contributed by atoms with van der Waals surface area (Å²) in [4.78, 5) is 107. The van der Waals surface area contributed by atoms with E-state index in [-0.39, 0.29) is 68.2 Å². The fourth-order valence-electron chi connectivity index (χ4n) is 6.85. The Hall–Kier alpha value is -4.36. The van der Waals surface area contributed by atoms with Gasteiger partial charge in [-0.25, -0.2) is 4.79 Å². The Kier molecular flexibility index (Phi) is 29.3. The maximum Gasteiger partial charge on any atom is 0.326 e. The van der Waals surface area contributed by atoms with E-state index in [4.69, 9.17) is 17.2 Å². The Balaban J connectivity index is 6.52. The normalized spacial score (nSPS) is 15.7. The second-order valence-corrected chi connectivity index (χ2v) is 18.1. The van der Waals surface area contributed by atoms with Crippen LogP contribution in [-0.2, 0) is 38.4 Å². The van der Waals surface area contributed by atoms with E-state index in [1.54, 1.807) is 13.8 Å². The monoisotopic (exact) mass is 897 g/mol. The van der Waals surface area contributed by atoms with E-state index >= 15 is 0 Å². The van der Waals surface area contributed by atoms with Gasteiger partial charge in [0.2, 0.25) is 41.4 Å². The van der Waals surface area contributed by atoms with Crippen LogP contribution in [0, 0.1) is 29.6 Å². The van der Waals surface area contributed by atoms with Gasteiger partial charge >= 0.3 is 5.97 Å². The van der Waals surface area contributed by atoms with Gasteiger partial charge in [0.25, 0.3) is 0 Å². The van der Waals surface area contributed by atoms with E-state index in [0.29, 0.717) is 51.6 Å². The number of rotatable bonds is 33. The molecule has 0 unspecified atom stereocenters. The predicted octanol–water partition coefficient (Wildman–Crippen LogP) is 0.912. The van der Waals surface area contributed by atoms with Crippen LogP contribution >= 0.6 is 0 Å². The van der Waals surface area contributed by atoms with Gasteiger partial charge in [0.05, 0.1) is 6.54 Å². The third-order valence-corrected chi connectivity index (χ3v) is 11.0. The minimum atomic E-state index is -1.21. The van der Waals surface area contributed by atoms with Gasteiger partial charge in [0.15, 0.2) is 0 Å². The number of nitrogens with one attached hydrogen (secondary N) is 7. The Morgan fingerprint density at radius 2 is 0.746 bits per heavy atom. The summed E-state index contributed by atoms with van der Waals surface area (Å²) in [7, 11) is 0. The van der Waals surface area contributed by atoms with Crippen molar-refractivity contribution >= 4 is 47.3 Å². The molecule has 0 aliphatic heterocycles. The second-order valence-electron chi connectivity index (χ2n) is 18.1. The Morgan fingerprint density at radius 1 is 0.429 bits per heavy atom. The molecule has 14 N–H and O–H groups in total. The molecule has 0 saturated heterocycles. The number of carbonyl (C=O) groups is 8. The number of amides is 7. The van der Waals surface area contributed by atoms with Crippen LogP contribution in [-0.4, -0.2) is 114 Å². The standard InChI is InChI=1S/C44H84N10O9/c1-11-28(9)36(53-35(55)24-47)43(61)54-37(29(10)12-2)42(60)52-34(23-27(7)8)41(59)51-33(22-26(5)6)40(58)50-32(21-25(3)4)39(57)48-30(17-13-15-19-45)38(56)49-31(44(62)63)18-14-16-20-46/h25-34,36-37H,11-24,45-47H2,1-10H3,(H,48,57)(H,49,56)(H,50,58)(H,51,59)(H,52,60)(H,53,55)(H,54,61)(H,62,63)/t28-,29-,30-,31-,32-,33-,34-,36-,37-/m0/s1. The summed E-state index contributed by atoms with van der Waals surface area (Å²) in [6.45, 7) is 18.9. The van der Waals surface area contributed by atoms with Gasteiger partial charge in [-0.15, -0.1) is 0 Å². The Bertz CT molecular complexity index is 1450. The zero-order chi connectivity index (χ0) is 48.4. The summed E-state index contributed by atoms with van der Waals surface area (Å²) in [6.07, 6.45) is 4.02. The Labute approximate surface area is 375 Å². The molecule has 0 aliphatic carbocycles. The van der Waals surface area contributed by atoms with Crippen LogP contribution in [0.2, 0.25) is 0 Å². The first-order chi connectivity index (χ1) is 29.6. The average molecular weight is 897 g/mol. The lowest BCUT2D eigenvalue weighted by Gasteiger charge is -2.31. The molecule has 7 amide bonds. The number of hydrogen-bond donors (Lipinski definition) is 11. The molecule has 0 rings (SSSR count). The van der Waals surface area contributed by atoms with Crippen molar-refractivity contribution in [3.8, 4) is 0 Å². The van der Waals surface area contributed by atoms with Crippen molar-refractivity contribution in [1.82, 2.24) is 37.2 Å². The molecule has 19 nitrogen and oxygen atoms in total. The third-order valence-electron chi connectivity index (χ3n) is 11.0. The Morgan fingerprint density at radius 3 is 1.10 bits per heavy atom. The number of hydrogen-bond acceptors (Lipinski definition) is 11. The van der Waals surface area contributed by atoms with Crippen molar-refractivity contribution in [2.45, 2.75) is 182 Å². The molecule has 19 heteroatoms. The maximum atomic E-state index is 14.1. The summed E-state index contributed by atoms with van der Waals surface area (Å²) < 4.78 is 0. The zero-order valence-electron chi connectivity index (χ0n) is 39.8. The van der Waals surface area contributed by atoms with Gasteiger partial charge in [-0.2, -0.15) is 0 Å². The number of carboxylic acids is 1. The summed E-state index contributed by atoms with van der Waals surface area (Å²) in [5.41, 5.74) is 16.7. The lowest BCUT2D eigenvalue weighted by molar-refractivity contribution is -0.142. The van der Waals surface area contributed by atoms with E-state index in [1.165, 1.54) is 0 Å². The molecule has 0 bridgehead atoms. The molecule has 0 aliphatic rings. The van der Waals surface area contributed by atoms with E-state index < -0.39 is 89.6 Å². The number of aliphatic carboxylic acids is 1. The SMILES string of the molecule is CC[C@H](C)[C@H](NC(=O)CN)C(=O)N[C@H](C(=O)N[C@@H](CC(C)C)C(=O)N[C@@H](CC(C)C)C(=O)N[C@@H](CC(C)C)C(=O)N[C@@H](CCCCN)C(=O)N[C@@H](CCCCN)C(=O)O)[C@@H](C)CC. The van der Waals surface area contributed by atoms with Crippen molar-refractivity contribution in [2.24, 2.45) is 46.8 Å². The minimum Gasteiger partial charge on any atom is -0.480 e. The third kappa shape index (κ3) is 23.2. The van der Waals surface area contributed by atoms with Crippen LogP contribution in [0.3, 0.4) is 0 Å². The summed E-state index contributed by atoms with van der Waals surface area (Å²) in [5, 5.41) is 28.9. The smallest absolute Gasteiger partial charge is 0.326 e. The topological polar surface area (TPSA) is 319 Å². The molecule has 0 aromatic rings. The summed E-state index contributed by atoms with van der Waals surface area (Å²) in [5.74, 6) is -6.43. The highest BCUT2D eigenvalue weighted by molar-refractivity contribution is 5.97. The van der Waals surface area contributed by atoms with Crippen molar-refractivity contribution in [1.29, 1.82) is 0 Å². The zero-order valence-corrected chi connectivity index (χ0v) is 39.8. The fraction of sp³-hybridized carbons (Fsp3) is 0.818. The number of unbranched alkanes of at least 4 members (excludes halogenated alkanes) is 2. The van der Waals surface area contributed by atoms with Crippen LogP contribution in [0.25, 0.3) is 0 Å². The highest BCUT2D eigenvalue weighted by atomic mass is 16.4. The summed E-state index contributed by atoms with van der Waals surface area (Å²) >= 11 is 0. The van der Waals surface area contributed by atoms with Gasteiger partial charge in [-0.3, -0.25) is 33.6 Å². The molecule has 9 atom stereocenters. The predicted molar refractivity (Wildman–Crippen MR) is 243 cm³/mol. The van der Waals surface area contributed by atoms with E-state index in [2.05, 4.69) is 37.2 Å². The first kappa shape index (κ1) is 58.6. The molecule has 364 valence electrons. The molecule has 63 heavy (non-hydrogen) atoms. The van der Waals surface area contributed by atoms with Gasteiger partial charge in [0.1, 0.15) is 42.3 Å². The van der Waals surface area contributed by atoms with Crippen LogP contribution in [0.4, 0.5) is 0 Å². The van der Waals surface area contributed by atoms with Crippen LogP contribution in [0.15, 0.2) is 0 Å². The lowest BCUT2D eigenvalue weighted by Crippen LogP contribution is -2.61.